The quantitative estimate of drug-likeness (QED) is 0.591. The van der Waals surface area contributed by atoms with E-state index >= 15 is 0 Å². The third kappa shape index (κ3) is 1.18. The number of nitrogens with one attached hydrogen (secondary N) is 1. The normalized spacial score (nSPS) is 27.6. The molecule has 1 aromatic rings. The third-order valence-corrected chi connectivity index (χ3v) is 2.10. The lowest BCUT2D eigenvalue weighted by molar-refractivity contribution is -0.117. The van der Waals surface area contributed by atoms with Crippen LogP contribution in [0, 0.1) is 0 Å². The van der Waals surface area contributed by atoms with Crippen LogP contribution in [0.3, 0.4) is 0 Å². The van der Waals surface area contributed by atoms with E-state index in [1.165, 1.54) is 11.7 Å². The van der Waals surface area contributed by atoms with E-state index in [-0.39, 0.29) is 0 Å². The molecule has 2 rings (SSSR count). The number of carbonyl (C=O) groups is 1. The fourth-order valence-electron chi connectivity index (χ4n) is 1.29. The molecule has 2 radical (unpaired) electrons. The van der Waals surface area contributed by atoms with Crippen molar-refractivity contribution in [2.24, 2.45) is 0 Å². The lowest BCUT2D eigenvalue weighted by atomic mass is 10.1. The number of amides is 1. The molecule has 1 aliphatic heterocycles. The van der Waals surface area contributed by atoms with Gasteiger partial charge in [-0.25, -0.2) is 0 Å². The first-order valence-corrected chi connectivity index (χ1v) is 3.99. The summed E-state index contributed by atoms with van der Waals surface area (Å²) < 4.78 is 7.76. The maximum absolute atomic E-state index is 11.5. The number of anilines is 2. The summed E-state index contributed by atoms with van der Waals surface area (Å²) in [4.78, 5) is 12.6. The van der Waals surface area contributed by atoms with Gasteiger partial charge in [-0.3, -0.25) is 4.79 Å². The van der Waals surface area contributed by atoms with Crippen LogP contribution < -0.4 is 10.1 Å². The van der Waals surface area contributed by atoms with Crippen LogP contribution in [0.2, 0.25) is 0 Å². The molecule has 4 heteroatoms. The van der Waals surface area contributed by atoms with Gasteiger partial charge in [0.05, 0.1) is 13.1 Å². The van der Waals surface area contributed by atoms with Crippen molar-refractivity contribution in [1.82, 2.24) is 0 Å². The second kappa shape index (κ2) is 2.80. The molecular formula is C9H9BN2O. The van der Waals surface area contributed by atoms with E-state index in [1.54, 1.807) is 18.2 Å². The molecular weight excluding hydrogens is 163 g/mol. The van der Waals surface area contributed by atoms with Crippen molar-refractivity contribution in [3.8, 4) is 0 Å². The van der Waals surface area contributed by atoms with Gasteiger partial charge in [-0.2, -0.15) is 0 Å². The summed E-state index contributed by atoms with van der Waals surface area (Å²) in [6.07, 6.45) is 0. The SMILES string of the molecule is [2H][C@]1(C)C(=O)Nc2ccccc2N1[B]. The molecule has 1 N–H and O–H groups in total. The van der Waals surface area contributed by atoms with E-state index in [1.807, 2.05) is 6.07 Å². The largest absolute Gasteiger partial charge is 0.413 e. The molecule has 1 aliphatic rings. The number of carbonyl (C=O) groups excluding carboxylic acids is 1. The molecule has 64 valence electrons. The van der Waals surface area contributed by atoms with Crippen molar-refractivity contribution in [1.29, 1.82) is 0 Å². The Hall–Kier alpha value is -1.45. The maximum atomic E-state index is 11.5. The van der Waals surface area contributed by atoms with Crippen LogP contribution in [0.5, 0.6) is 0 Å². The van der Waals surface area contributed by atoms with Crippen LogP contribution in [-0.2, 0) is 4.79 Å². The van der Waals surface area contributed by atoms with Crippen LogP contribution >= 0.6 is 0 Å². The molecule has 1 amide bonds. The number of benzene rings is 1. The zero-order valence-electron chi connectivity index (χ0n) is 8.24. The Kier molecular flexibility index (Phi) is 1.51. The fourth-order valence-corrected chi connectivity index (χ4v) is 1.29. The molecule has 0 aromatic heterocycles. The summed E-state index contributed by atoms with van der Waals surface area (Å²) >= 11 is 0. The standard InChI is InChI=1S/C9H9BN2O/c1-6-9(13)11-7-4-2-3-5-8(7)12(6)10/h2-6H,1H3,(H,11,13)/t6-/m0/s1/i6D. The average Bonchev–Trinajstić information content (AvgIpc) is 2.15. The fraction of sp³-hybridized carbons (Fsp3) is 0.222. The Bertz CT molecular complexity index is 394. The van der Waals surface area contributed by atoms with Crippen molar-refractivity contribution >= 4 is 25.3 Å². The average molecular weight is 173 g/mol. The van der Waals surface area contributed by atoms with Crippen molar-refractivity contribution in [3.63, 3.8) is 0 Å². The summed E-state index contributed by atoms with van der Waals surface area (Å²) in [5.41, 5.74) is 1.30. The summed E-state index contributed by atoms with van der Waals surface area (Å²) in [6, 6.07) is 5.68. The molecule has 0 spiro atoms. The predicted molar refractivity (Wildman–Crippen MR) is 52.8 cm³/mol. The van der Waals surface area contributed by atoms with Crippen molar-refractivity contribution < 1.29 is 6.17 Å². The molecule has 13 heavy (non-hydrogen) atoms. The maximum Gasteiger partial charge on any atom is 0.245 e. The van der Waals surface area contributed by atoms with Crippen molar-refractivity contribution in [2.45, 2.75) is 12.9 Å². The molecule has 1 aromatic carbocycles. The van der Waals surface area contributed by atoms with Crippen LogP contribution in [-0.4, -0.2) is 19.9 Å². The van der Waals surface area contributed by atoms with Crippen LogP contribution in [0.25, 0.3) is 0 Å². The van der Waals surface area contributed by atoms with Gasteiger partial charge in [0.25, 0.3) is 0 Å². The van der Waals surface area contributed by atoms with Crippen molar-refractivity contribution in [2.75, 3.05) is 10.1 Å². The van der Waals surface area contributed by atoms with Gasteiger partial charge in [0.2, 0.25) is 13.9 Å². The van der Waals surface area contributed by atoms with Gasteiger partial charge in [-0.15, -0.1) is 0 Å². The van der Waals surface area contributed by atoms with E-state index in [9.17, 15) is 4.79 Å². The van der Waals surface area contributed by atoms with Gasteiger partial charge in [0.1, 0.15) is 0 Å². The topological polar surface area (TPSA) is 32.3 Å². The van der Waals surface area contributed by atoms with Crippen molar-refractivity contribution in [3.05, 3.63) is 24.3 Å². The summed E-state index contributed by atoms with van der Waals surface area (Å²) in [6.45, 7) is 1.46. The summed E-state index contributed by atoms with van der Waals surface area (Å²) in [5.74, 6) is -0.418. The lowest BCUT2D eigenvalue weighted by Gasteiger charge is -2.33. The van der Waals surface area contributed by atoms with Crippen LogP contribution in [0.15, 0.2) is 24.3 Å². The van der Waals surface area contributed by atoms with Crippen LogP contribution in [0.1, 0.15) is 8.29 Å². The van der Waals surface area contributed by atoms with Gasteiger partial charge in [-0.05, 0) is 19.1 Å². The molecule has 0 unspecified atom stereocenters. The smallest absolute Gasteiger partial charge is 0.245 e. The van der Waals surface area contributed by atoms with Gasteiger partial charge in [-0.1, -0.05) is 12.1 Å². The number of rotatable bonds is 0. The molecule has 3 nitrogen and oxygen atoms in total. The summed E-state index contributed by atoms with van der Waals surface area (Å²) in [7, 11) is 5.70. The van der Waals surface area contributed by atoms with E-state index in [4.69, 9.17) is 9.35 Å². The first kappa shape index (κ1) is 7.01. The second-order valence-electron chi connectivity index (χ2n) is 2.93. The van der Waals surface area contributed by atoms with Gasteiger partial charge in [0.15, 0.2) is 0 Å². The number of para-hydroxylation sites is 2. The second-order valence-corrected chi connectivity index (χ2v) is 2.93. The molecule has 0 saturated heterocycles. The van der Waals surface area contributed by atoms with E-state index in [2.05, 4.69) is 5.32 Å². The zero-order chi connectivity index (χ0) is 10.3. The molecule has 1 atom stereocenters. The first-order chi connectivity index (χ1) is 6.53. The van der Waals surface area contributed by atoms with E-state index in [0.29, 0.717) is 11.4 Å². The zero-order valence-corrected chi connectivity index (χ0v) is 7.24. The Labute approximate surface area is 79.6 Å². The Balaban J connectivity index is 2.55. The van der Waals surface area contributed by atoms with Gasteiger partial charge < -0.3 is 10.1 Å². The van der Waals surface area contributed by atoms with Gasteiger partial charge in [0, 0.05) is 5.69 Å². The first-order valence-electron chi connectivity index (χ1n) is 4.49. The molecule has 0 aliphatic carbocycles. The minimum Gasteiger partial charge on any atom is -0.413 e. The number of hydrogen-bond acceptors (Lipinski definition) is 2. The summed E-state index contributed by atoms with van der Waals surface area (Å²) in [5, 5.41) is 2.63. The minimum atomic E-state index is -1.45. The van der Waals surface area contributed by atoms with Gasteiger partial charge >= 0.3 is 0 Å². The highest BCUT2D eigenvalue weighted by atomic mass is 16.2. The van der Waals surface area contributed by atoms with E-state index < -0.39 is 11.9 Å². The Morgan fingerprint density at radius 1 is 1.62 bits per heavy atom. The Morgan fingerprint density at radius 2 is 2.31 bits per heavy atom. The lowest BCUT2D eigenvalue weighted by Crippen LogP contribution is -2.44. The highest BCUT2D eigenvalue weighted by Crippen LogP contribution is 2.29. The molecule has 0 bridgehead atoms. The third-order valence-electron chi connectivity index (χ3n) is 2.10. The Morgan fingerprint density at radius 3 is 3.08 bits per heavy atom. The monoisotopic (exact) mass is 173 g/mol. The predicted octanol–water partition coefficient (Wildman–Crippen LogP) is 0.917. The molecule has 0 fully saturated rings. The molecule has 1 heterocycles. The number of nitrogens with zero attached hydrogens (tertiary/aromatic N) is 1. The number of hydrogen-bond donors (Lipinski definition) is 1. The molecule has 0 saturated carbocycles. The van der Waals surface area contributed by atoms with Crippen LogP contribution in [0.4, 0.5) is 11.4 Å². The highest BCUT2D eigenvalue weighted by Gasteiger charge is 2.25. The highest BCUT2D eigenvalue weighted by molar-refractivity contribution is 6.24. The minimum absolute atomic E-state index is 0.418. The van der Waals surface area contributed by atoms with E-state index in [0.717, 1.165) is 0 Å². The number of fused-ring (bicyclic) bond motifs is 1.